The molecule has 5 heteroatoms. The molecular formula is C49H30N4O. The minimum absolute atomic E-state index is 0.613. The standard InChI is InChI=1S/C49H30N4O/c1-4-14-31(15-5-1)34-24-26-38-37-21-12-13-23-43(37)53(44(38)28-34)35-25-27-45-40(29-35)41-30-42(36-20-10-11-22-39(36)46(41)54-45)49-51-47(32-16-6-2-7-17-32)50-48(52-49)33-18-8-3-9-19-33/h1-30H. The molecule has 0 amide bonds. The Kier molecular flexibility index (Phi) is 6.79. The van der Waals surface area contributed by atoms with Crippen LogP contribution in [0.3, 0.4) is 0 Å². The zero-order chi connectivity index (χ0) is 35.6. The van der Waals surface area contributed by atoms with Crippen molar-refractivity contribution in [2.45, 2.75) is 0 Å². The average molecular weight is 691 g/mol. The fraction of sp³-hybridized carbons (Fsp3) is 0. The molecule has 0 fully saturated rings. The minimum atomic E-state index is 0.613. The Labute approximate surface area is 310 Å². The van der Waals surface area contributed by atoms with E-state index < -0.39 is 0 Å². The van der Waals surface area contributed by atoms with Crippen molar-refractivity contribution in [1.82, 2.24) is 19.5 Å². The van der Waals surface area contributed by atoms with Gasteiger partial charge in [-0.3, -0.25) is 0 Å². The van der Waals surface area contributed by atoms with Crippen molar-refractivity contribution in [1.29, 1.82) is 0 Å². The summed E-state index contributed by atoms with van der Waals surface area (Å²) in [5.74, 6) is 1.87. The Morgan fingerprint density at radius 1 is 0.352 bits per heavy atom. The van der Waals surface area contributed by atoms with Crippen LogP contribution in [-0.2, 0) is 0 Å². The summed E-state index contributed by atoms with van der Waals surface area (Å²) in [5, 5.41) is 6.50. The zero-order valence-corrected chi connectivity index (χ0v) is 29.0. The molecule has 8 aromatic carbocycles. The molecule has 0 saturated carbocycles. The molecule has 11 aromatic rings. The van der Waals surface area contributed by atoms with E-state index in [2.05, 4.69) is 126 Å². The van der Waals surface area contributed by atoms with Crippen molar-refractivity contribution in [3.63, 3.8) is 0 Å². The van der Waals surface area contributed by atoms with Gasteiger partial charge >= 0.3 is 0 Å². The van der Waals surface area contributed by atoms with E-state index in [0.29, 0.717) is 17.5 Å². The molecule has 0 aliphatic heterocycles. The maximum absolute atomic E-state index is 6.70. The van der Waals surface area contributed by atoms with E-state index in [1.807, 2.05) is 60.7 Å². The summed E-state index contributed by atoms with van der Waals surface area (Å²) in [6, 6.07) is 63.3. The van der Waals surface area contributed by atoms with Gasteiger partial charge in [0.05, 0.1) is 11.0 Å². The van der Waals surface area contributed by atoms with Crippen molar-refractivity contribution >= 4 is 54.5 Å². The molecule has 3 heterocycles. The zero-order valence-electron chi connectivity index (χ0n) is 29.0. The first kappa shape index (κ1) is 30.3. The van der Waals surface area contributed by atoms with Crippen LogP contribution >= 0.6 is 0 Å². The minimum Gasteiger partial charge on any atom is -0.455 e. The summed E-state index contributed by atoms with van der Waals surface area (Å²) >= 11 is 0. The lowest BCUT2D eigenvalue weighted by atomic mass is 9.99. The fourth-order valence-electron chi connectivity index (χ4n) is 7.90. The number of aromatic nitrogens is 4. The Hall–Kier alpha value is -7.37. The SMILES string of the molecule is c1ccc(-c2ccc3c4ccccc4n(-c4ccc5oc6c7ccccc7c(-c7nc(-c8ccccc8)nc(-c8ccccc8)n7)cc6c5c4)c3c2)cc1. The van der Waals surface area contributed by atoms with Gasteiger partial charge in [-0.05, 0) is 52.9 Å². The lowest BCUT2D eigenvalue weighted by Crippen LogP contribution is -2.00. The number of hydrogen-bond donors (Lipinski definition) is 0. The Morgan fingerprint density at radius 3 is 1.63 bits per heavy atom. The quantitative estimate of drug-likeness (QED) is 0.180. The Bertz CT molecular complexity index is 3140. The summed E-state index contributed by atoms with van der Waals surface area (Å²) in [5.41, 5.74) is 10.2. The molecule has 11 rings (SSSR count). The van der Waals surface area contributed by atoms with E-state index in [1.54, 1.807) is 0 Å². The van der Waals surface area contributed by atoms with Crippen molar-refractivity contribution < 1.29 is 4.42 Å². The van der Waals surface area contributed by atoms with Gasteiger partial charge in [0.25, 0.3) is 0 Å². The molecule has 0 spiro atoms. The predicted octanol–water partition coefficient (Wildman–Crippen LogP) is 12.7. The van der Waals surface area contributed by atoms with Gasteiger partial charge < -0.3 is 8.98 Å². The van der Waals surface area contributed by atoms with Crippen LogP contribution in [0.5, 0.6) is 0 Å². The van der Waals surface area contributed by atoms with Crippen LogP contribution in [0.1, 0.15) is 0 Å². The first-order valence-electron chi connectivity index (χ1n) is 18.1. The maximum Gasteiger partial charge on any atom is 0.164 e. The van der Waals surface area contributed by atoms with Crippen LogP contribution in [-0.4, -0.2) is 19.5 Å². The fourth-order valence-corrected chi connectivity index (χ4v) is 7.90. The van der Waals surface area contributed by atoms with Crippen molar-refractivity contribution in [2.75, 3.05) is 0 Å². The molecule has 5 nitrogen and oxygen atoms in total. The van der Waals surface area contributed by atoms with Gasteiger partial charge in [0.1, 0.15) is 11.2 Å². The van der Waals surface area contributed by atoms with Crippen LogP contribution in [0.25, 0.3) is 105 Å². The third kappa shape index (κ3) is 4.83. The van der Waals surface area contributed by atoms with Crippen LogP contribution in [0.15, 0.2) is 186 Å². The Morgan fingerprint density at radius 2 is 0.926 bits per heavy atom. The number of furan rings is 1. The monoisotopic (exact) mass is 690 g/mol. The molecule has 3 aromatic heterocycles. The largest absolute Gasteiger partial charge is 0.455 e. The summed E-state index contributed by atoms with van der Waals surface area (Å²) in [6.45, 7) is 0. The van der Waals surface area contributed by atoms with Gasteiger partial charge in [0, 0.05) is 49.3 Å². The van der Waals surface area contributed by atoms with Gasteiger partial charge in [0.2, 0.25) is 0 Å². The first-order valence-corrected chi connectivity index (χ1v) is 18.1. The molecule has 0 N–H and O–H groups in total. The second-order valence-electron chi connectivity index (χ2n) is 13.6. The van der Waals surface area contributed by atoms with E-state index in [0.717, 1.165) is 66.1 Å². The molecule has 0 bridgehead atoms. The summed E-state index contributed by atoms with van der Waals surface area (Å²) in [4.78, 5) is 15.2. The molecule has 0 unspecified atom stereocenters. The van der Waals surface area contributed by atoms with Crippen molar-refractivity contribution in [2.24, 2.45) is 0 Å². The van der Waals surface area contributed by atoms with E-state index in [-0.39, 0.29) is 0 Å². The number of hydrogen-bond acceptors (Lipinski definition) is 4. The highest BCUT2D eigenvalue weighted by molar-refractivity contribution is 6.19. The van der Waals surface area contributed by atoms with Crippen LogP contribution in [0, 0.1) is 0 Å². The lowest BCUT2D eigenvalue weighted by Gasteiger charge is -2.11. The van der Waals surface area contributed by atoms with Crippen LogP contribution < -0.4 is 0 Å². The van der Waals surface area contributed by atoms with Crippen molar-refractivity contribution in [3.8, 4) is 51.0 Å². The number of fused-ring (bicyclic) bond motifs is 8. The average Bonchev–Trinajstić information content (AvgIpc) is 3.79. The molecule has 54 heavy (non-hydrogen) atoms. The van der Waals surface area contributed by atoms with E-state index in [4.69, 9.17) is 19.4 Å². The highest BCUT2D eigenvalue weighted by atomic mass is 16.3. The lowest BCUT2D eigenvalue weighted by molar-refractivity contribution is 0.672. The third-order valence-electron chi connectivity index (χ3n) is 10.4. The molecule has 252 valence electrons. The molecule has 0 aliphatic rings. The second kappa shape index (κ2) is 12.1. The van der Waals surface area contributed by atoms with Crippen molar-refractivity contribution in [3.05, 3.63) is 182 Å². The molecule has 0 atom stereocenters. The number of benzene rings is 8. The predicted molar refractivity (Wildman–Crippen MR) is 221 cm³/mol. The van der Waals surface area contributed by atoms with Gasteiger partial charge in [-0.2, -0.15) is 0 Å². The highest BCUT2D eigenvalue weighted by Gasteiger charge is 2.20. The summed E-state index contributed by atoms with van der Waals surface area (Å²) in [7, 11) is 0. The highest BCUT2D eigenvalue weighted by Crippen LogP contribution is 2.41. The van der Waals surface area contributed by atoms with E-state index in [9.17, 15) is 0 Å². The van der Waals surface area contributed by atoms with Gasteiger partial charge in [0.15, 0.2) is 17.5 Å². The van der Waals surface area contributed by atoms with E-state index in [1.165, 1.54) is 21.9 Å². The van der Waals surface area contributed by atoms with Crippen LogP contribution in [0.2, 0.25) is 0 Å². The third-order valence-corrected chi connectivity index (χ3v) is 10.4. The number of rotatable bonds is 5. The maximum atomic E-state index is 6.70. The molecule has 0 saturated heterocycles. The van der Waals surface area contributed by atoms with E-state index >= 15 is 0 Å². The topological polar surface area (TPSA) is 56.7 Å². The smallest absolute Gasteiger partial charge is 0.164 e. The van der Waals surface area contributed by atoms with Gasteiger partial charge in [-0.1, -0.05) is 146 Å². The normalized spacial score (nSPS) is 11.7. The van der Waals surface area contributed by atoms with Gasteiger partial charge in [-0.15, -0.1) is 0 Å². The summed E-state index contributed by atoms with van der Waals surface area (Å²) < 4.78 is 9.08. The van der Waals surface area contributed by atoms with Gasteiger partial charge in [-0.25, -0.2) is 15.0 Å². The number of para-hydroxylation sites is 1. The van der Waals surface area contributed by atoms with Crippen LogP contribution in [0.4, 0.5) is 0 Å². The Balaban J connectivity index is 1.17. The summed E-state index contributed by atoms with van der Waals surface area (Å²) in [6.07, 6.45) is 0. The molecular weight excluding hydrogens is 661 g/mol. The first-order chi connectivity index (χ1) is 26.8. The second-order valence-corrected chi connectivity index (χ2v) is 13.6. The molecule has 0 aliphatic carbocycles. The molecule has 0 radical (unpaired) electrons. The number of nitrogens with zero attached hydrogens (tertiary/aromatic N) is 4.